The Balaban J connectivity index is 1.64. The Morgan fingerprint density at radius 3 is 2.25 bits per heavy atom. The molecule has 0 unspecified atom stereocenters. The lowest BCUT2D eigenvalue weighted by Crippen LogP contribution is -2.14. The lowest BCUT2D eigenvalue weighted by Gasteiger charge is -2.10. The van der Waals surface area contributed by atoms with E-state index in [0.717, 1.165) is 12.1 Å². The standard InChI is InChI=1S/C17H17N7/c18-23-15-9-16(24-19)22-17(21-15)20-12-5-6-14-11(8-12)7-10-3-1-2-4-13(10)14/h1-6,8-9H,7,18-19H2,(H3,20,21,22,23,24). The molecule has 1 aromatic heterocycles. The van der Waals surface area contributed by atoms with E-state index in [0.29, 0.717) is 17.6 Å². The van der Waals surface area contributed by atoms with Crippen LogP contribution in [0.1, 0.15) is 11.1 Å². The zero-order valence-electron chi connectivity index (χ0n) is 12.9. The van der Waals surface area contributed by atoms with E-state index in [1.54, 1.807) is 6.07 Å². The minimum Gasteiger partial charge on any atom is -0.324 e. The van der Waals surface area contributed by atoms with Gasteiger partial charge in [-0.05, 0) is 40.8 Å². The van der Waals surface area contributed by atoms with Gasteiger partial charge >= 0.3 is 0 Å². The molecule has 2 aromatic carbocycles. The summed E-state index contributed by atoms with van der Waals surface area (Å²) < 4.78 is 0. The van der Waals surface area contributed by atoms with Crippen molar-refractivity contribution in [3.05, 3.63) is 59.7 Å². The van der Waals surface area contributed by atoms with Crippen molar-refractivity contribution in [3.8, 4) is 11.1 Å². The van der Waals surface area contributed by atoms with Crippen molar-refractivity contribution in [2.75, 3.05) is 16.2 Å². The average molecular weight is 319 g/mol. The number of aromatic nitrogens is 2. The van der Waals surface area contributed by atoms with Gasteiger partial charge in [0.15, 0.2) is 0 Å². The Morgan fingerprint density at radius 1 is 0.792 bits per heavy atom. The first-order valence-corrected chi connectivity index (χ1v) is 7.57. The molecule has 24 heavy (non-hydrogen) atoms. The summed E-state index contributed by atoms with van der Waals surface area (Å²) in [7, 11) is 0. The molecule has 120 valence electrons. The second-order valence-corrected chi connectivity index (χ2v) is 5.58. The van der Waals surface area contributed by atoms with Crippen molar-refractivity contribution in [3.63, 3.8) is 0 Å². The molecule has 7 nitrogen and oxygen atoms in total. The topological polar surface area (TPSA) is 114 Å². The van der Waals surface area contributed by atoms with Gasteiger partial charge in [-0.3, -0.25) is 0 Å². The maximum Gasteiger partial charge on any atom is 0.231 e. The fourth-order valence-electron chi connectivity index (χ4n) is 3.00. The van der Waals surface area contributed by atoms with Gasteiger partial charge in [0.25, 0.3) is 0 Å². The van der Waals surface area contributed by atoms with E-state index in [2.05, 4.69) is 62.5 Å². The van der Waals surface area contributed by atoms with Gasteiger partial charge in [-0.1, -0.05) is 30.3 Å². The third kappa shape index (κ3) is 2.51. The Kier molecular flexibility index (Phi) is 3.49. The molecule has 0 fully saturated rings. The highest BCUT2D eigenvalue weighted by Gasteiger charge is 2.18. The zero-order valence-corrected chi connectivity index (χ0v) is 12.9. The van der Waals surface area contributed by atoms with E-state index < -0.39 is 0 Å². The molecule has 0 spiro atoms. The monoisotopic (exact) mass is 319 g/mol. The van der Waals surface area contributed by atoms with E-state index in [1.807, 2.05) is 6.07 Å². The summed E-state index contributed by atoms with van der Waals surface area (Å²) in [4.78, 5) is 8.55. The van der Waals surface area contributed by atoms with Crippen molar-refractivity contribution in [1.82, 2.24) is 9.97 Å². The van der Waals surface area contributed by atoms with E-state index in [4.69, 9.17) is 11.7 Å². The van der Waals surface area contributed by atoms with Gasteiger partial charge in [-0.25, -0.2) is 11.7 Å². The van der Waals surface area contributed by atoms with Crippen LogP contribution in [-0.4, -0.2) is 9.97 Å². The zero-order chi connectivity index (χ0) is 16.5. The highest BCUT2D eigenvalue weighted by Crippen LogP contribution is 2.37. The van der Waals surface area contributed by atoms with Crippen LogP contribution < -0.4 is 27.9 Å². The predicted molar refractivity (Wildman–Crippen MR) is 95.6 cm³/mol. The molecule has 7 N–H and O–H groups in total. The SMILES string of the molecule is NNc1cc(NN)nc(Nc2ccc3c(c2)Cc2ccccc2-3)n1. The number of rotatable bonds is 4. The van der Waals surface area contributed by atoms with Gasteiger partial charge in [0.05, 0.1) is 0 Å². The minimum absolute atomic E-state index is 0.411. The summed E-state index contributed by atoms with van der Waals surface area (Å²) >= 11 is 0. The van der Waals surface area contributed by atoms with Crippen molar-refractivity contribution in [1.29, 1.82) is 0 Å². The summed E-state index contributed by atoms with van der Waals surface area (Å²) in [6.45, 7) is 0. The molecule has 4 rings (SSSR count). The normalized spacial score (nSPS) is 11.6. The van der Waals surface area contributed by atoms with Gasteiger partial charge in [0.1, 0.15) is 11.6 Å². The second kappa shape index (κ2) is 5.80. The quantitative estimate of drug-likeness (QED) is 0.290. The summed E-state index contributed by atoms with van der Waals surface area (Å²) in [6, 6.07) is 16.3. The lowest BCUT2D eigenvalue weighted by molar-refractivity contribution is 1.12. The van der Waals surface area contributed by atoms with Crippen LogP contribution in [0.5, 0.6) is 0 Å². The van der Waals surface area contributed by atoms with E-state index in [1.165, 1.54) is 22.3 Å². The van der Waals surface area contributed by atoms with Crippen molar-refractivity contribution < 1.29 is 0 Å². The molecule has 1 aliphatic rings. The highest BCUT2D eigenvalue weighted by molar-refractivity contribution is 5.79. The molecular weight excluding hydrogens is 302 g/mol. The number of nitrogens with zero attached hydrogens (tertiary/aromatic N) is 2. The number of nitrogens with two attached hydrogens (primary N) is 2. The maximum atomic E-state index is 5.42. The number of nitrogen functional groups attached to an aromatic ring is 2. The molecule has 0 radical (unpaired) electrons. The number of hydrogen-bond acceptors (Lipinski definition) is 7. The molecule has 1 heterocycles. The fourth-order valence-corrected chi connectivity index (χ4v) is 3.00. The molecular formula is C17H17N7. The smallest absolute Gasteiger partial charge is 0.231 e. The van der Waals surface area contributed by atoms with Gasteiger partial charge in [-0.2, -0.15) is 9.97 Å². The first kappa shape index (κ1) is 14.4. The molecule has 1 aliphatic carbocycles. The molecule has 0 amide bonds. The van der Waals surface area contributed by atoms with Crippen LogP contribution >= 0.6 is 0 Å². The Morgan fingerprint density at radius 2 is 1.50 bits per heavy atom. The Hall–Kier alpha value is -3.16. The number of anilines is 4. The summed E-state index contributed by atoms with van der Waals surface area (Å²) in [5.41, 5.74) is 11.1. The number of hydrazine groups is 2. The highest BCUT2D eigenvalue weighted by atomic mass is 15.3. The molecule has 0 atom stereocenters. The number of benzene rings is 2. The van der Waals surface area contributed by atoms with Crippen molar-refractivity contribution in [2.24, 2.45) is 11.7 Å². The number of nitrogens with one attached hydrogen (secondary N) is 3. The third-order valence-corrected chi connectivity index (χ3v) is 4.07. The van der Waals surface area contributed by atoms with Gasteiger partial charge in [0, 0.05) is 11.8 Å². The summed E-state index contributed by atoms with van der Waals surface area (Å²) in [6.07, 6.45) is 0.932. The average Bonchev–Trinajstić information content (AvgIpc) is 2.99. The summed E-state index contributed by atoms with van der Waals surface area (Å²) in [5.74, 6) is 12.2. The van der Waals surface area contributed by atoms with Crippen molar-refractivity contribution in [2.45, 2.75) is 6.42 Å². The number of fused-ring (bicyclic) bond motifs is 3. The van der Waals surface area contributed by atoms with Crippen LogP contribution in [0.2, 0.25) is 0 Å². The van der Waals surface area contributed by atoms with Crippen LogP contribution in [0.15, 0.2) is 48.5 Å². The molecule has 0 saturated carbocycles. The molecule has 3 aromatic rings. The lowest BCUT2D eigenvalue weighted by atomic mass is 10.1. The number of hydrogen-bond donors (Lipinski definition) is 5. The van der Waals surface area contributed by atoms with E-state index in [-0.39, 0.29) is 0 Å². The predicted octanol–water partition coefficient (Wildman–Crippen LogP) is 2.36. The van der Waals surface area contributed by atoms with Crippen molar-refractivity contribution >= 4 is 23.3 Å². The summed E-state index contributed by atoms with van der Waals surface area (Å²) in [5, 5.41) is 3.20. The van der Waals surface area contributed by atoms with Crippen LogP contribution in [0, 0.1) is 0 Å². The van der Waals surface area contributed by atoms with E-state index in [9.17, 15) is 0 Å². The van der Waals surface area contributed by atoms with Gasteiger partial charge in [-0.15, -0.1) is 0 Å². The molecule has 0 aliphatic heterocycles. The fraction of sp³-hybridized carbons (Fsp3) is 0.0588. The molecule has 0 bridgehead atoms. The molecule has 0 saturated heterocycles. The minimum atomic E-state index is 0.411. The van der Waals surface area contributed by atoms with E-state index >= 15 is 0 Å². The van der Waals surface area contributed by atoms with Crippen LogP contribution in [-0.2, 0) is 6.42 Å². The van der Waals surface area contributed by atoms with Crippen LogP contribution in [0.4, 0.5) is 23.3 Å². The Bertz CT molecular complexity index is 885. The van der Waals surface area contributed by atoms with Gasteiger partial charge < -0.3 is 16.2 Å². The maximum absolute atomic E-state index is 5.42. The third-order valence-electron chi connectivity index (χ3n) is 4.07. The van der Waals surface area contributed by atoms with Crippen LogP contribution in [0.3, 0.4) is 0 Å². The Labute approximate surface area is 139 Å². The second-order valence-electron chi connectivity index (χ2n) is 5.58. The van der Waals surface area contributed by atoms with Crippen LogP contribution in [0.25, 0.3) is 11.1 Å². The largest absolute Gasteiger partial charge is 0.324 e. The first-order chi connectivity index (χ1) is 11.8. The van der Waals surface area contributed by atoms with Gasteiger partial charge in [0.2, 0.25) is 5.95 Å². The molecule has 7 heteroatoms. The first-order valence-electron chi connectivity index (χ1n) is 7.57.